The first-order valence-electron chi connectivity index (χ1n) is 13.5. The van der Waals surface area contributed by atoms with Crippen LogP contribution < -0.4 is 5.32 Å². The van der Waals surface area contributed by atoms with Crippen molar-refractivity contribution in [3.8, 4) is 23.5 Å². The molecule has 43 heavy (non-hydrogen) atoms. The van der Waals surface area contributed by atoms with E-state index in [4.69, 9.17) is 17.2 Å². The molecule has 0 aliphatic heterocycles. The molecule has 1 N–H and O–H groups in total. The minimum absolute atomic E-state index is 0.523. The molecule has 0 aliphatic rings. The molecular formula is C29H36N10S2Si2. The molecule has 0 amide bonds. The number of aromatic nitrogens is 6. The number of nitriles is 2. The van der Waals surface area contributed by atoms with Gasteiger partial charge in [0.05, 0.1) is 43.7 Å². The van der Waals surface area contributed by atoms with Crippen molar-refractivity contribution >= 4 is 50.2 Å². The average molecular weight is 645 g/mol. The molecule has 0 spiro atoms. The molecule has 0 aliphatic carbocycles. The average Bonchev–Trinajstić information content (AvgIpc) is 3.70. The second-order valence-electron chi connectivity index (χ2n) is 12.0. The Morgan fingerprint density at radius 1 is 0.860 bits per heavy atom. The summed E-state index contributed by atoms with van der Waals surface area (Å²) >= 11 is 7.02. The summed E-state index contributed by atoms with van der Waals surface area (Å²) in [5.74, 6) is 0. The Morgan fingerprint density at radius 2 is 1.37 bits per heavy atom. The number of thiocarbonyl (C=S) groups is 1. The maximum Gasteiger partial charge on any atom is 0.138 e. The first-order chi connectivity index (χ1) is 20.3. The molecule has 2 heterocycles. The van der Waals surface area contributed by atoms with Gasteiger partial charge in [-0.1, -0.05) is 57.6 Å². The van der Waals surface area contributed by atoms with E-state index in [1.807, 2.05) is 36.6 Å². The van der Waals surface area contributed by atoms with Crippen molar-refractivity contribution in [2.45, 2.75) is 39.3 Å². The van der Waals surface area contributed by atoms with Crippen molar-refractivity contribution in [2.75, 3.05) is 18.6 Å². The van der Waals surface area contributed by atoms with E-state index >= 15 is 0 Å². The van der Waals surface area contributed by atoms with Gasteiger partial charge in [-0.15, -0.1) is 11.8 Å². The molecule has 10 nitrogen and oxygen atoms in total. The fraction of sp³-hybridized carbons (Fsp3) is 0.310. The molecule has 0 unspecified atom stereocenters. The van der Waals surface area contributed by atoms with Crippen LogP contribution in [0.2, 0.25) is 39.3 Å². The zero-order valence-electron chi connectivity index (χ0n) is 25.5. The highest BCUT2D eigenvalue weighted by Gasteiger charge is 2.16. The predicted molar refractivity (Wildman–Crippen MR) is 183 cm³/mol. The summed E-state index contributed by atoms with van der Waals surface area (Å²) in [6, 6.07) is 15.7. The van der Waals surface area contributed by atoms with E-state index in [0.717, 1.165) is 34.2 Å². The molecule has 0 saturated heterocycles. The smallest absolute Gasteiger partial charge is 0.138 e. The zero-order chi connectivity index (χ0) is 31.6. The number of hydrogen-bond donors (Lipinski definition) is 1. The zero-order valence-corrected chi connectivity index (χ0v) is 29.2. The molecular weight excluding hydrogens is 609 g/mol. The van der Waals surface area contributed by atoms with Crippen LogP contribution in [0.4, 0.5) is 0 Å². The summed E-state index contributed by atoms with van der Waals surface area (Å²) < 4.78 is 3.17. The molecule has 222 valence electrons. The lowest BCUT2D eigenvalue weighted by Gasteiger charge is -2.18. The van der Waals surface area contributed by atoms with Gasteiger partial charge in [-0.3, -0.25) is 4.99 Å². The predicted octanol–water partition coefficient (Wildman–Crippen LogP) is 5.41. The van der Waals surface area contributed by atoms with E-state index in [1.165, 1.54) is 12.7 Å². The van der Waals surface area contributed by atoms with Crippen LogP contribution in [0.3, 0.4) is 0 Å². The van der Waals surface area contributed by atoms with Crippen LogP contribution in [0.5, 0.6) is 0 Å². The number of hydrogen-bond acceptors (Lipinski definition) is 9. The van der Waals surface area contributed by atoms with E-state index in [9.17, 15) is 10.5 Å². The lowest BCUT2D eigenvalue weighted by molar-refractivity contribution is 0.875. The van der Waals surface area contributed by atoms with Crippen molar-refractivity contribution in [1.29, 1.82) is 10.5 Å². The molecule has 4 rings (SSSR count). The second-order valence-corrected chi connectivity index (χ2v) is 24.1. The van der Waals surface area contributed by atoms with Crippen LogP contribution in [-0.2, 0) is 0 Å². The van der Waals surface area contributed by atoms with Crippen molar-refractivity contribution in [1.82, 2.24) is 34.8 Å². The summed E-state index contributed by atoms with van der Waals surface area (Å²) in [4.78, 5) is 13.2. The minimum Gasteiger partial charge on any atom is -0.379 e. The molecule has 0 fully saturated rings. The van der Waals surface area contributed by atoms with Gasteiger partial charge in [0.1, 0.15) is 42.4 Å². The van der Waals surface area contributed by atoms with Crippen LogP contribution in [0.1, 0.15) is 22.3 Å². The van der Waals surface area contributed by atoms with E-state index in [2.05, 4.69) is 76.9 Å². The topological polar surface area (TPSA) is 133 Å². The van der Waals surface area contributed by atoms with Crippen molar-refractivity contribution in [2.24, 2.45) is 4.99 Å². The number of thioether (sulfide) groups is 1. The van der Waals surface area contributed by atoms with Gasteiger partial charge in [0, 0.05) is 23.5 Å². The van der Waals surface area contributed by atoms with Gasteiger partial charge < -0.3 is 5.32 Å². The van der Waals surface area contributed by atoms with Gasteiger partial charge in [0.25, 0.3) is 0 Å². The van der Waals surface area contributed by atoms with Crippen LogP contribution in [-0.4, -0.2) is 74.3 Å². The summed E-state index contributed by atoms with van der Waals surface area (Å²) in [7, 11) is -2.45. The maximum absolute atomic E-state index is 9.40. The third-order valence-corrected chi connectivity index (χ3v) is 9.22. The summed E-state index contributed by atoms with van der Waals surface area (Å²) in [5, 5.41) is 31.1. The molecule has 0 radical (unpaired) electrons. The van der Waals surface area contributed by atoms with Crippen LogP contribution in [0, 0.1) is 22.7 Å². The first kappa shape index (κ1) is 33.5. The Hall–Kier alpha value is -3.96. The highest BCUT2D eigenvalue weighted by Crippen LogP contribution is 2.20. The standard InChI is InChI=1S/C15H19N5SSi.C14H17N5SSi/c1-21-15(18-11-22(2,3)4)12-5-6-14(13(7-12)8-16)20-10-17-9-19-20;1-21(2,3)10-17-14(20)11-4-5-13(12(6-11)7-15)19-9-16-8-18-19/h5-7,9-10H,11H2,1-4H3;4-6,8-9H,10H2,1-3H3,(H,17,20). The van der Waals surface area contributed by atoms with Crippen LogP contribution in [0.25, 0.3) is 11.4 Å². The van der Waals surface area contributed by atoms with Gasteiger partial charge in [0.2, 0.25) is 0 Å². The Labute approximate surface area is 264 Å². The lowest BCUT2D eigenvalue weighted by Crippen LogP contribution is -2.39. The van der Waals surface area contributed by atoms with Crippen LogP contribution >= 0.6 is 24.0 Å². The highest BCUT2D eigenvalue weighted by molar-refractivity contribution is 8.13. The number of nitrogens with zero attached hydrogens (tertiary/aromatic N) is 9. The normalized spacial score (nSPS) is 11.6. The molecule has 4 aromatic rings. The SMILES string of the molecule is CSC(=NC[Si](C)(C)C)c1ccc(-n2cncn2)c(C#N)c1.C[Si](C)(C)CNC(=S)c1ccc(-n2cncn2)c(C#N)c1. The maximum atomic E-state index is 9.40. The molecule has 2 aromatic carbocycles. The minimum atomic E-state index is -1.23. The van der Waals surface area contributed by atoms with Crippen molar-refractivity contribution in [3.63, 3.8) is 0 Å². The van der Waals surface area contributed by atoms with Gasteiger partial charge >= 0.3 is 0 Å². The van der Waals surface area contributed by atoms with Gasteiger partial charge in [-0.25, -0.2) is 19.3 Å². The monoisotopic (exact) mass is 644 g/mol. The van der Waals surface area contributed by atoms with E-state index < -0.39 is 16.1 Å². The Balaban J connectivity index is 0.000000236. The first-order valence-corrected chi connectivity index (χ1v) is 22.6. The molecule has 0 bridgehead atoms. The van der Waals surface area contributed by atoms with Gasteiger partial charge in [0.15, 0.2) is 0 Å². The summed E-state index contributed by atoms with van der Waals surface area (Å²) in [6.45, 7) is 13.7. The molecule has 14 heteroatoms. The van der Waals surface area contributed by atoms with Crippen molar-refractivity contribution < 1.29 is 0 Å². The van der Waals surface area contributed by atoms with Crippen molar-refractivity contribution in [3.05, 3.63) is 84.0 Å². The largest absolute Gasteiger partial charge is 0.379 e. The molecule has 0 atom stereocenters. The third kappa shape index (κ3) is 10.1. The second kappa shape index (κ2) is 15.0. The number of aliphatic imine (C=N–C) groups is 1. The fourth-order valence-corrected chi connectivity index (χ4v) is 5.96. The lowest BCUT2D eigenvalue weighted by atomic mass is 10.1. The highest BCUT2D eigenvalue weighted by atomic mass is 32.2. The third-order valence-electron chi connectivity index (χ3n) is 5.74. The van der Waals surface area contributed by atoms with E-state index in [1.54, 1.807) is 39.8 Å². The van der Waals surface area contributed by atoms with Crippen LogP contribution in [0.15, 0.2) is 66.7 Å². The molecule has 0 saturated carbocycles. The van der Waals surface area contributed by atoms with E-state index in [-0.39, 0.29) is 0 Å². The van der Waals surface area contributed by atoms with Gasteiger partial charge in [-0.2, -0.15) is 20.7 Å². The summed E-state index contributed by atoms with van der Waals surface area (Å²) in [6.07, 6.45) is 9.87. The fourth-order valence-electron chi connectivity index (χ4n) is 3.62. The Kier molecular flexibility index (Phi) is 11.7. The Morgan fingerprint density at radius 3 is 1.79 bits per heavy atom. The number of nitrogens with one attached hydrogen (secondary N) is 1. The quantitative estimate of drug-likeness (QED) is 0.116. The van der Waals surface area contributed by atoms with Gasteiger partial charge in [-0.05, 0) is 36.6 Å². The summed E-state index contributed by atoms with van der Waals surface area (Å²) in [5.41, 5.74) is 4.35. The Bertz CT molecular complexity index is 1640. The number of rotatable bonds is 8. The van der Waals surface area contributed by atoms with E-state index in [0.29, 0.717) is 21.8 Å². The number of benzene rings is 2. The molecule has 2 aromatic heterocycles.